The average molecular weight is 444 g/mol. The Bertz CT molecular complexity index is 1050. The van der Waals surface area contributed by atoms with E-state index in [1.54, 1.807) is 55.8 Å². The van der Waals surface area contributed by atoms with Gasteiger partial charge in [-0.25, -0.2) is 14.2 Å². The molecule has 1 atom stereocenters. The Morgan fingerprint density at radius 3 is 2.45 bits per heavy atom. The highest BCUT2D eigenvalue weighted by Gasteiger charge is 2.22. The number of carbonyl (C=O) groups excluding carboxylic acids is 2. The number of methoxy groups -OCH3 is 1. The van der Waals surface area contributed by atoms with E-state index in [1.807, 2.05) is 0 Å². The first-order chi connectivity index (χ1) is 14.9. The Morgan fingerprint density at radius 2 is 1.81 bits per heavy atom. The number of para-hydroxylation sites is 1. The number of benzene rings is 2. The number of halogens is 1. The van der Waals surface area contributed by atoms with Gasteiger partial charge in [-0.2, -0.15) is 0 Å². The van der Waals surface area contributed by atoms with E-state index >= 15 is 0 Å². The van der Waals surface area contributed by atoms with Crippen LogP contribution < -0.4 is 14.4 Å². The zero-order chi connectivity index (χ0) is 22.4. The number of nitrogens with zero attached hydrogens (tertiary/aromatic N) is 2. The van der Waals surface area contributed by atoms with Gasteiger partial charge in [-0.05, 0) is 43.3 Å². The highest BCUT2D eigenvalue weighted by Crippen LogP contribution is 2.31. The Balaban J connectivity index is 1.61. The molecule has 0 aliphatic carbocycles. The molecule has 3 rings (SSSR count). The molecule has 0 spiro atoms. The number of amides is 1. The van der Waals surface area contributed by atoms with Crippen LogP contribution in [0.5, 0.6) is 11.5 Å². The molecule has 0 radical (unpaired) electrons. The van der Waals surface area contributed by atoms with Crippen molar-refractivity contribution in [1.82, 2.24) is 4.98 Å². The van der Waals surface area contributed by atoms with Gasteiger partial charge < -0.3 is 14.2 Å². The fourth-order valence-electron chi connectivity index (χ4n) is 2.67. The molecule has 1 amide bonds. The monoisotopic (exact) mass is 444 g/mol. The molecule has 0 N–H and O–H groups in total. The van der Waals surface area contributed by atoms with Crippen LogP contribution in [-0.4, -0.2) is 30.1 Å². The van der Waals surface area contributed by atoms with Gasteiger partial charge in [0.1, 0.15) is 23.9 Å². The highest BCUT2D eigenvalue weighted by atomic mass is 32.1. The molecule has 0 fully saturated rings. The van der Waals surface area contributed by atoms with Crippen LogP contribution in [0.25, 0.3) is 0 Å². The molecule has 1 aromatic heterocycles. The second-order valence-corrected chi connectivity index (χ2v) is 7.31. The predicted molar refractivity (Wildman–Crippen MR) is 114 cm³/mol. The Kier molecular flexibility index (Phi) is 7.19. The lowest BCUT2D eigenvalue weighted by Gasteiger charge is -2.18. The largest absolute Gasteiger partial charge is 0.497 e. The molecule has 0 saturated heterocycles. The number of aromatic nitrogens is 1. The minimum Gasteiger partial charge on any atom is -0.497 e. The number of ether oxygens (including phenoxy) is 3. The first-order valence-electron chi connectivity index (χ1n) is 9.36. The minimum atomic E-state index is -0.835. The van der Waals surface area contributed by atoms with Gasteiger partial charge in [-0.1, -0.05) is 12.1 Å². The highest BCUT2D eigenvalue weighted by molar-refractivity contribution is 7.14. The van der Waals surface area contributed by atoms with Crippen molar-refractivity contribution in [2.45, 2.75) is 26.6 Å². The molecule has 31 heavy (non-hydrogen) atoms. The topological polar surface area (TPSA) is 78.0 Å². The summed E-state index contributed by atoms with van der Waals surface area (Å²) in [7, 11) is 1.56. The van der Waals surface area contributed by atoms with Crippen molar-refractivity contribution in [3.63, 3.8) is 0 Å². The summed E-state index contributed by atoms with van der Waals surface area (Å²) in [6.07, 6.45) is -0.835. The summed E-state index contributed by atoms with van der Waals surface area (Å²) < 4.78 is 30.1. The third kappa shape index (κ3) is 5.58. The van der Waals surface area contributed by atoms with Crippen LogP contribution in [0.1, 0.15) is 19.5 Å². The van der Waals surface area contributed by atoms with E-state index in [2.05, 4.69) is 4.98 Å². The first-order valence-corrected chi connectivity index (χ1v) is 10.2. The lowest BCUT2D eigenvalue weighted by molar-refractivity contribution is -0.152. The molecule has 3 aromatic rings. The van der Waals surface area contributed by atoms with Gasteiger partial charge in [0.05, 0.1) is 18.5 Å². The molecule has 9 heteroatoms. The van der Waals surface area contributed by atoms with Gasteiger partial charge in [0.25, 0.3) is 0 Å². The smallest absolute Gasteiger partial charge is 0.347 e. The van der Waals surface area contributed by atoms with Crippen LogP contribution in [0.2, 0.25) is 0 Å². The summed E-state index contributed by atoms with van der Waals surface area (Å²) in [4.78, 5) is 29.8. The molecule has 0 saturated carbocycles. The number of rotatable bonds is 8. The van der Waals surface area contributed by atoms with Crippen molar-refractivity contribution in [3.05, 3.63) is 65.4 Å². The molecule has 162 valence electrons. The quantitative estimate of drug-likeness (QED) is 0.477. The fourth-order valence-corrected chi connectivity index (χ4v) is 3.54. The molecule has 0 aliphatic heterocycles. The predicted octanol–water partition coefficient (Wildman–Crippen LogP) is 4.49. The average Bonchev–Trinajstić information content (AvgIpc) is 3.22. The van der Waals surface area contributed by atoms with Crippen molar-refractivity contribution in [2.24, 2.45) is 0 Å². The van der Waals surface area contributed by atoms with E-state index in [0.717, 1.165) is 11.3 Å². The zero-order valence-electron chi connectivity index (χ0n) is 17.2. The van der Waals surface area contributed by atoms with Gasteiger partial charge >= 0.3 is 5.97 Å². The molecule has 1 unspecified atom stereocenters. The Morgan fingerprint density at radius 1 is 1.13 bits per heavy atom. The van der Waals surface area contributed by atoms with Crippen LogP contribution in [0, 0.1) is 5.82 Å². The molecule has 0 bridgehead atoms. The van der Waals surface area contributed by atoms with Gasteiger partial charge in [-0.15, -0.1) is 11.3 Å². The van der Waals surface area contributed by atoms with E-state index in [-0.39, 0.29) is 23.3 Å². The van der Waals surface area contributed by atoms with E-state index in [0.29, 0.717) is 17.2 Å². The summed E-state index contributed by atoms with van der Waals surface area (Å²) in [6.45, 7) is 2.80. The summed E-state index contributed by atoms with van der Waals surface area (Å²) in [6, 6.07) is 12.8. The van der Waals surface area contributed by atoms with Gasteiger partial charge in [-0.3, -0.25) is 9.69 Å². The summed E-state index contributed by atoms with van der Waals surface area (Å²) >= 11 is 1.15. The van der Waals surface area contributed by atoms with Crippen LogP contribution in [0.15, 0.2) is 53.9 Å². The van der Waals surface area contributed by atoms with E-state index in [9.17, 15) is 14.0 Å². The molecular weight excluding hydrogens is 423 g/mol. The van der Waals surface area contributed by atoms with Crippen molar-refractivity contribution in [1.29, 1.82) is 0 Å². The Labute approximate surface area is 183 Å². The van der Waals surface area contributed by atoms with E-state index < -0.39 is 17.9 Å². The van der Waals surface area contributed by atoms with Crippen molar-refractivity contribution in [2.75, 3.05) is 12.0 Å². The van der Waals surface area contributed by atoms with E-state index in [4.69, 9.17) is 14.2 Å². The standard InChI is InChI=1S/C22H21FN2O5S/c1-14(30-18-10-8-17(28-3)9-11-18)21(27)29-12-16-13-31-22(24-16)25(15(2)26)20-7-5-4-6-19(20)23/h4-11,13-14H,12H2,1-3H3. The molecular formula is C22H21FN2O5S. The lowest BCUT2D eigenvalue weighted by atomic mass is 10.3. The van der Waals surface area contributed by atoms with Crippen LogP contribution >= 0.6 is 11.3 Å². The number of anilines is 2. The number of carbonyl (C=O) groups is 2. The number of hydrogen-bond donors (Lipinski definition) is 0. The second-order valence-electron chi connectivity index (χ2n) is 6.47. The van der Waals surface area contributed by atoms with Crippen molar-refractivity contribution >= 4 is 34.0 Å². The molecule has 0 aliphatic rings. The maximum atomic E-state index is 14.1. The number of esters is 1. The van der Waals surface area contributed by atoms with Crippen LogP contribution in [0.4, 0.5) is 15.2 Å². The fraction of sp³-hybridized carbons (Fsp3) is 0.227. The summed E-state index contributed by atoms with van der Waals surface area (Å²) in [5, 5.41) is 1.93. The zero-order valence-corrected chi connectivity index (χ0v) is 18.0. The molecule has 2 aromatic carbocycles. The molecule has 7 nitrogen and oxygen atoms in total. The van der Waals surface area contributed by atoms with Gasteiger partial charge in [0.15, 0.2) is 11.2 Å². The second kappa shape index (κ2) is 10.0. The maximum Gasteiger partial charge on any atom is 0.347 e. The number of hydrogen-bond acceptors (Lipinski definition) is 7. The normalized spacial score (nSPS) is 11.5. The SMILES string of the molecule is COc1ccc(OC(C)C(=O)OCc2csc(N(C(C)=O)c3ccccc3F)n2)cc1. The lowest BCUT2D eigenvalue weighted by Crippen LogP contribution is -2.26. The summed E-state index contributed by atoms with van der Waals surface area (Å²) in [5.74, 6) is -0.308. The van der Waals surface area contributed by atoms with Gasteiger partial charge in [0.2, 0.25) is 5.91 Å². The summed E-state index contributed by atoms with van der Waals surface area (Å²) in [5.41, 5.74) is 0.544. The number of thiazole rings is 1. The van der Waals surface area contributed by atoms with E-state index in [1.165, 1.54) is 24.0 Å². The third-order valence-corrected chi connectivity index (χ3v) is 5.08. The molecule has 1 heterocycles. The van der Waals surface area contributed by atoms with Crippen molar-refractivity contribution < 1.29 is 28.2 Å². The minimum absolute atomic E-state index is 0.103. The Hall–Kier alpha value is -3.46. The third-order valence-electron chi connectivity index (χ3n) is 4.21. The van der Waals surface area contributed by atoms with Gasteiger partial charge in [0, 0.05) is 12.3 Å². The maximum absolute atomic E-state index is 14.1. The van der Waals surface area contributed by atoms with Crippen LogP contribution in [-0.2, 0) is 20.9 Å². The van der Waals surface area contributed by atoms with Crippen molar-refractivity contribution in [3.8, 4) is 11.5 Å². The first kappa shape index (κ1) is 22.2. The van der Waals surface area contributed by atoms with Crippen LogP contribution in [0.3, 0.4) is 0 Å².